The van der Waals surface area contributed by atoms with E-state index in [0.717, 1.165) is 6.42 Å². The Bertz CT molecular complexity index is 336. The lowest BCUT2D eigenvalue weighted by Gasteiger charge is -2.18. The number of hydrogen-bond donors (Lipinski definition) is 1. The number of ketones is 1. The molecule has 2 heteroatoms. The summed E-state index contributed by atoms with van der Waals surface area (Å²) in [4.78, 5) is 11.7. The van der Waals surface area contributed by atoms with Crippen LogP contribution in [0.3, 0.4) is 0 Å². The van der Waals surface area contributed by atoms with E-state index in [1.807, 2.05) is 18.2 Å². The van der Waals surface area contributed by atoms with Gasteiger partial charge in [-0.3, -0.25) is 4.79 Å². The molecule has 0 aliphatic rings. The number of rotatable bonds is 4. The van der Waals surface area contributed by atoms with Crippen LogP contribution in [0.5, 0.6) is 0 Å². The maximum Gasteiger partial charge on any atom is 0.165 e. The van der Waals surface area contributed by atoms with Crippen molar-refractivity contribution in [2.24, 2.45) is 5.41 Å². The maximum atomic E-state index is 11.7. The first-order chi connectivity index (χ1) is 7.40. The van der Waals surface area contributed by atoms with Gasteiger partial charge in [-0.05, 0) is 17.4 Å². The molecular weight excluding hydrogens is 200 g/mol. The third-order valence-corrected chi connectivity index (χ3v) is 2.54. The Hall–Kier alpha value is -1.15. The smallest absolute Gasteiger partial charge is 0.165 e. The molecule has 16 heavy (non-hydrogen) atoms. The van der Waals surface area contributed by atoms with Gasteiger partial charge in [-0.15, -0.1) is 0 Å². The first kappa shape index (κ1) is 12.9. The number of carbonyl (C=O) groups excluding carboxylic acids is 1. The molecule has 0 aliphatic carbocycles. The van der Waals surface area contributed by atoms with Gasteiger partial charge in [-0.1, -0.05) is 51.1 Å². The van der Waals surface area contributed by atoms with E-state index in [4.69, 9.17) is 0 Å². The van der Waals surface area contributed by atoms with Gasteiger partial charge in [-0.25, -0.2) is 0 Å². The minimum absolute atomic E-state index is 0.0962. The van der Waals surface area contributed by atoms with Crippen LogP contribution in [-0.2, 0) is 4.79 Å². The molecule has 1 aromatic rings. The molecule has 0 saturated heterocycles. The molecule has 0 spiro atoms. The zero-order valence-corrected chi connectivity index (χ0v) is 10.2. The van der Waals surface area contributed by atoms with Crippen molar-refractivity contribution in [3.8, 4) is 0 Å². The number of aliphatic hydroxyl groups excluding tert-OH is 1. The molecule has 0 aromatic heterocycles. The molecule has 0 amide bonds. The molecule has 0 saturated carbocycles. The average Bonchev–Trinajstić information content (AvgIpc) is 2.25. The molecule has 1 rings (SSSR count). The molecule has 1 atom stereocenters. The van der Waals surface area contributed by atoms with Crippen molar-refractivity contribution in [1.82, 2.24) is 0 Å². The molecule has 0 radical (unpaired) electrons. The van der Waals surface area contributed by atoms with E-state index in [-0.39, 0.29) is 11.2 Å². The lowest BCUT2D eigenvalue weighted by Crippen LogP contribution is -2.15. The fourth-order valence-corrected chi connectivity index (χ4v) is 1.46. The van der Waals surface area contributed by atoms with E-state index >= 15 is 0 Å². The lowest BCUT2D eigenvalue weighted by atomic mass is 9.88. The van der Waals surface area contributed by atoms with Gasteiger partial charge in [0.25, 0.3) is 0 Å². The average molecular weight is 220 g/mol. The highest BCUT2D eigenvalue weighted by atomic mass is 16.3. The van der Waals surface area contributed by atoms with Crippen LogP contribution in [0, 0.1) is 5.41 Å². The molecule has 1 unspecified atom stereocenters. The quantitative estimate of drug-likeness (QED) is 0.846. The summed E-state index contributed by atoms with van der Waals surface area (Å²) in [5.41, 5.74) is 0.813. The Kier molecular flexibility index (Phi) is 4.25. The van der Waals surface area contributed by atoms with Crippen LogP contribution in [-0.4, -0.2) is 10.9 Å². The SMILES string of the molecule is CC(C)(C)CCC(=O)C(O)c1ccccc1. The second-order valence-corrected chi connectivity index (χ2v) is 5.34. The summed E-state index contributed by atoms with van der Waals surface area (Å²) in [5, 5.41) is 9.84. The largest absolute Gasteiger partial charge is 0.381 e. The topological polar surface area (TPSA) is 37.3 Å². The summed E-state index contributed by atoms with van der Waals surface area (Å²) in [5.74, 6) is -0.0962. The van der Waals surface area contributed by atoms with Crippen molar-refractivity contribution in [3.05, 3.63) is 35.9 Å². The van der Waals surface area contributed by atoms with Crippen LogP contribution in [0.4, 0.5) is 0 Å². The highest BCUT2D eigenvalue weighted by Gasteiger charge is 2.19. The van der Waals surface area contributed by atoms with Gasteiger partial charge in [0.2, 0.25) is 0 Å². The molecule has 88 valence electrons. The minimum Gasteiger partial charge on any atom is -0.381 e. The van der Waals surface area contributed by atoms with Gasteiger partial charge < -0.3 is 5.11 Å². The summed E-state index contributed by atoms with van der Waals surface area (Å²) >= 11 is 0. The molecule has 1 aromatic carbocycles. The third-order valence-electron chi connectivity index (χ3n) is 2.54. The van der Waals surface area contributed by atoms with E-state index < -0.39 is 6.10 Å². The van der Waals surface area contributed by atoms with Crippen molar-refractivity contribution in [3.63, 3.8) is 0 Å². The normalized spacial score (nSPS) is 13.5. The van der Waals surface area contributed by atoms with Crippen molar-refractivity contribution in [2.45, 2.75) is 39.7 Å². The second-order valence-electron chi connectivity index (χ2n) is 5.34. The van der Waals surface area contributed by atoms with Crippen LogP contribution >= 0.6 is 0 Å². The molecule has 0 fully saturated rings. The van der Waals surface area contributed by atoms with Crippen LogP contribution in [0.1, 0.15) is 45.3 Å². The van der Waals surface area contributed by atoms with Gasteiger partial charge in [0.05, 0.1) is 0 Å². The van der Waals surface area contributed by atoms with Gasteiger partial charge in [0.1, 0.15) is 6.10 Å². The van der Waals surface area contributed by atoms with E-state index in [1.54, 1.807) is 12.1 Å². The molecule has 0 aliphatic heterocycles. The fraction of sp³-hybridized carbons (Fsp3) is 0.500. The first-order valence-electron chi connectivity index (χ1n) is 5.66. The zero-order chi connectivity index (χ0) is 12.2. The van der Waals surface area contributed by atoms with Crippen LogP contribution in [0.2, 0.25) is 0 Å². The minimum atomic E-state index is -0.969. The van der Waals surface area contributed by atoms with Crippen LogP contribution in [0.25, 0.3) is 0 Å². The van der Waals surface area contributed by atoms with Gasteiger partial charge >= 0.3 is 0 Å². The standard InChI is InChI=1S/C14H20O2/c1-14(2,3)10-9-12(15)13(16)11-7-5-4-6-8-11/h4-8,13,16H,9-10H2,1-3H3. The van der Waals surface area contributed by atoms with Crippen molar-refractivity contribution >= 4 is 5.78 Å². The second kappa shape index (κ2) is 5.26. The van der Waals surface area contributed by atoms with Crippen molar-refractivity contribution in [1.29, 1.82) is 0 Å². The Morgan fingerprint density at radius 3 is 2.31 bits per heavy atom. The number of Topliss-reactive ketones (excluding diaryl/α,β-unsaturated/α-hetero) is 1. The first-order valence-corrected chi connectivity index (χ1v) is 5.66. The summed E-state index contributed by atoms with van der Waals surface area (Å²) in [6.45, 7) is 6.28. The summed E-state index contributed by atoms with van der Waals surface area (Å²) in [6.07, 6.45) is 0.263. The van der Waals surface area contributed by atoms with E-state index in [9.17, 15) is 9.90 Å². The monoisotopic (exact) mass is 220 g/mol. The van der Waals surface area contributed by atoms with Crippen LogP contribution < -0.4 is 0 Å². The van der Waals surface area contributed by atoms with Crippen molar-refractivity contribution < 1.29 is 9.90 Å². The van der Waals surface area contributed by atoms with Crippen molar-refractivity contribution in [2.75, 3.05) is 0 Å². The fourth-order valence-electron chi connectivity index (χ4n) is 1.46. The maximum absolute atomic E-state index is 11.7. The molecule has 2 nitrogen and oxygen atoms in total. The number of aliphatic hydroxyl groups is 1. The highest BCUT2D eigenvalue weighted by Crippen LogP contribution is 2.23. The van der Waals surface area contributed by atoms with Gasteiger partial charge in [0, 0.05) is 6.42 Å². The number of carbonyl (C=O) groups is 1. The van der Waals surface area contributed by atoms with E-state index in [1.165, 1.54) is 0 Å². The number of hydrogen-bond acceptors (Lipinski definition) is 2. The van der Waals surface area contributed by atoms with E-state index in [0.29, 0.717) is 12.0 Å². The number of benzene rings is 1. The third kappa shape index (κ3) is 4.15. The molecule has 0 bridgehead atoms. The molecule has 0 heterocycles. The Labute approximate surface area is 97.3 Å². The zero-order valence-electron chi connectivity index (χ0n) is 10.2. The summed E-state index contributed by atoms with van der Waals surface area (Å²) in [7, 11) is 0. The predicted octanol–water partition coefficient (Wildman–Crippen LogP) is 3.12. The highest BCUT2D eigenvalue weighted by molar-refractivity contribution is 5.84. The predicted molar refractivity (Wildman–Crippen MR) is 65.1 cm³/mol. The molecular formula is C14H20O2. The summed E-state index contributed by atoms with van der Waals surface area (Å²) < 4.78 is 0. The van der Waals surface area contributed by atoms with E-state index in [2.05, 4.69) is 20.8 Å². The lowest BCUT2D eigenvalue weighted by molar-refractivity contribution is -0.127. The van der Waals surface area contributed by atoms with Gasteiger partial charge in [0.15, 0.2) is 5.78 Å². The summed E-state index contributed by atoms with van der Waals surface area (Å²) in [6, 6.07) is 9.08. The Morgan fingerprint density at radius 2 is 1.81 bits per heavy atom. The molecule has 1 N–H and O–H groups in total. The Morgan fingerprint density at radius 1 is 1.25 bits per heavy atom. The Balaban J connectivity index is 2.55. The van der Waals surface area contributed by atoms with Gasteiger partial charge in [-0.2, -0.15) is 0 Å². The van der Waals surface area contributed by atoms with Crippen LogP contribution in [0.15, 0.2) is 30.3 Å².